The summed E-state index contributed by atoms with van der Waals surface area (Å²) in [6, 6.07) is 24.7. The van der Waals surface area contributed by atoms with Gasteiger partial charge in [-0.05, 0) is 35.6 Å². The zero-order valence-corrected chi connectivity index (χ0v) is 21.6. The van der Waals surface area contributed by atoms with E-state index in [-0.39, 0.29) is 11.9 Å². The Bertz CT molecular complexity index is 1230. The van der Waals surface area contributed by atoms with Crippen molar-refractivity contribution in [3.8, 4) is 0 Å². The maximum absolute atomic E-state index is 12.8. The Morgan fingerprint density at radius 3 is 2.24 bits per heavy atom. The van der Waals surface area contributed by atoms with Crippen LogP contribution in [0, 0.1) is 5.92 Å². The van der Waals surface area contributed by atoms with Crippen LogP contribution in [0.3, 0.4) is 0 Å². The molecule has 2 aromatic carbocycles. The molecule has 37 heavy (non-hydrogen) atoms. The number of nitrogens with one attached hydrogen (secondary N) is 1. The van der Waals surface area contributed by atoms with Crippen molar-refractivity contribution in [1.82, 2.24) is 25.0 Å². The Labute approximate surface area is 218 Å². The molecule has 0 aliphatic carbocycles. The lowest BCUT2D eigenvalue weighted by Gasteiger charge is -2.27. The maximum atomic E-state index is 12.8. The van der Waals surface area contributed by atoms with Gasteiger partial charge in [-0.25, -0.2) is 0 Å². The summed E-state index contributed by atoms with van der Waals surface area (Å²) in [5.74, 6) is 2.57. The predicted octanol–water partition coefficient (Wildman–Crippen LogP) is 5.08. The fourth-order valence-corrected chi connectivity index (χ4v) is 5.20. The van der Waals surface area contributed by atoms with Crippen molar-refractivity contribution in [2.24, 2.45) is 5.92 Å². The zero-order valence-electron chi connectivity index (χ0n) is 21.6. The second-order valence-electron chi connectivity index (χ2n) is 10.2. The van der Waals surface area contributed by atoms with Gasteiger partial charge in [0.15, 0.2) is 11.6 Å². The van der Waals surface area contributed by atoms with Crippen molar-refractivity contribution >= 4 is 5.91 Å². The first-order valence-electron chi connectivity index (χ1n) is 13.2. The van der Waals surface area contributed by atoms with Gasteiger partial charge in [0.1, 0.15) is 5.82 Å². The molecule has 1 aliphatic heterocycles. The van der Waals surface area contributed by atoms with E-state index >= 15 is 0 Å². The lowest BCUT2D eigenvalue weighted by molar-refractivity contribution is 0.0900. The van der Waals surface area contributed by atoms with Gasteiger partial charge >= 0.3 is 0 Å². The number of carbonyl (C=O) groups is 1. The molecule has 7 heteroatoms. The van der Waals surface area contributed by atoms with E-state index in [9.17, 15) is 4.79 Å². The van der Waals surface area contributed by atoms with Gasteiger partial charge in [0.25, 0.3) is 5.91 Å². The number of amides is 1. The monoisotopic (exact) mass is 497 g/mol. The van der Waals surface area contributed by atoms with E-state index in [0.29, 0.717) is 17.6 Å². The highest BCUT2D eigenvalue weighted by molar-refractivity contribution is 5.91. The summed E-state index contributed by atoms with van der Waals surface area (Å²) < 4.78 is 7.53. The van der Waals surface area contributed by atoms with Crippen molar-refractivity contribution in [3.05, 3.63) is 108 Å². The second kappa shape index (κ2) is 11.6. The molecule has 192 valence electrons. The highest BCUT2D eigenvalue weighted by atomic mass is 16.3. The number of nitrogens with zero attached hydrogens (tertiary/aromatic N) is 4. The number of aromatic nitrogens is 3. The molecule has 3 heterocycles. The molecule has 4 aromatic rings. The number of hydrogen-bond donors (Lipinski definition) is 1. The first-order valence-corrected chi connectivity index (χ1v) is 13.2. The summed E-state index contributed by atoms with van der Waals surface area (Å²) in [6.45, 7) is 7.85. The van der Waals surface area contributed by atoms with Gasteiger partial charge in [-0.1, -0.05) is 74.5 Å². The summed E-state index contributed by atoms with van der Waals surface area (Å²) in [6.07, 6.45) is 3.12. The molecule has 1 unspecified atom stereocenters. The van der Waals surface area contributed by atoms with E-state index in [1.807, 2.05) is 0 Å². The number of rotatable bonds is 9. The van der Waals surface area contributed by atoms with Crippen molar-refractivity contribution < 1.29 is 9.21 Å². The van der Waals surface area contributed by atoms with Gasteiger partial charge in [0.2, 0.25) is 0 Å². The van der Waals surface area contributed by atoms with Crippen molar-refractivity contribution in [2.45, 2.75) is 45.2 Å². The SMILES string of the molecule is CC(C)CC(NC(=O)c1ccco1)c1nnc2n1CCN(CC(c1ccccc1)c1ccccc1)CC2. The number of fused-ring (bicyclic) bond motifs is 1. The molecule has 0 bridgehead atoms. The third-order valence-electron chi connectivity index (χ3n) is 7.06. The molecule has 0 saturated heterocycles. The summed E-state index contributed by atoms with van der Waals surface area (Å²) in [5.41, 5.74) is 2.66. The quantitative estimate of drug-likeness (QED) is 0.349. The summed E-state index contributed by atoms with van der Waals surface area (Å²) in [7, 11) is 0. The second-order valence-corrected chi connectivity index (χ2v) is 10.2. The van der Waals surface area contributed by atoms with Crippen molar-refractivity contribution in [1.29, 1.82) is 0 Å². The highest BCUT2D eigenvalue weighted by Gasteiger charge is 2.28. The van der Waals surface area contributed by atoms with Gasteiger partial charge in [-0.3, -0.25) is 4.79 Å². The normalized spacial score (nSPS) is 14.9. The van der Waals surface area contributed by atoms with Gasteiger partial charge in [0.05, 0.1) is 12.3 Å². The largest absolute Gasteiger partial charge is 0.459 e. The standard InChI is InChI=1S/C30H35N5O2/c1-22(2)20-26(31-30(36)27-14-9-19-37-27)29-33-32-28-15-16-34(17-18-35(28)29)21-25(23-10-5-3-6-11-23)24-12-7-4-8-13-24/h3-14,19,22,25-26H,15-18,20-21H2,1-2H3,(H,31,36). The molecule has 0 saturated carbocycles. The Kier molecular flexibility index (Phi) is 7.80. The maximum Gasteiger partial charge on any atom is 0.287 e. The average molecular weight is 498 g/mol. The molecule has 1 aliphatic rings. The van der Waals surface area contributed by atoms with Crippen molar-refractivity contribution in [3.63, 3.8) is 0 Å². The van der Waals surface area contributed by atoms with Crippen LogP contribution in [0.5, 0.6) is 0 Å². The lowest BCUT2D eigenvalue weighted by atomic mass is 9.90. The third kappa shape index (κ3) is 6.00. The molecule has 1 amide bonds. The minimum atomic E-state index is -0.230. The Morgan fingerprint density at radius 2 is 1.62 bits per heavy atom. The van der Waals surface area contributed by atoms with Gasteiger partial charge in [-0.2, -0.15) is 0 Å². The third-order valence-corrected chi connectivity index (χ3v) is 7.06. The fourth-order valence-electron chi connectivity index (χ4n) is 5.20. The Balaban J connectivity index is 1.33. The van der Waals surface area contributed by atoms with Gasteiger partial charge < -0.3 is 19.2 Å². The van der Waals surface area contributed by atoms with Gasteiger partial charge in [-0.15, -0.1) is 10.2 Å². The van der Waals surface area contributed by atoms with Crippen LogP contribution < -0.4 is 5.32 Å². The summed E-state index contributed by atoms with van der Waals surface area (Å²) in [4.78, 5) is 15.3. The van der Waals surface area contributed by atoms with E-state index in [4.69, 9.17) is 4.42 Å². The number of furan rings is 1. The van der Waals surface area contributed by atoms with Crippen LogP contribution in [0.2, 0.25) is 0 Å². The molecule has 0 radical (unpaired) electrons. The fraction of sp³-hybridized carbons (Fsp3) is 0.367. The van der Waals surface area contributed by atoms with E-state index in [1.54, 1.807) is 12.1 Å². The predicted molar refractivity (Wildman–Crippen MR) is 143 cm³/mol. The molecule has 1 atom stereocenters. The van der Waals surface area contributed by atoms with Crippen LogP contribution in [0.1, 0.15) is 65.6 Å². The van der Waals surface area contributed by atoms with E-state index in [0.717, 1.165) is 50.7 Å². The van der Waals surface area contributed by atoms with E-state index in [1.165, 1.54) is 17.4 Å². The number of carbonyl (C=O) groups excluding carboxylic acids is 1. The Morgan fingerprint density at radius 1 is 0.919 bits per heavy atom. The van der Waals surface area contributed by atoms with Crippen LogP contribution in [0.4, 0.5) is 0 Å². The minimum absolute atomic E-state index is 0.225. The summed E-state index contributed by atoms with van der Waals surface area (Å²) >= 11 is 0. The smallest absolute Gasteiger partial charge is 0.287 e. The van der Waals surface area contributed by atoms with E-state index < -0.39 is 0 Å². The topological polar surface area (TPSA) is 76.2 Å². The number of hydrogen-bond acceptors (Lipinski definition) is 5. The van der Waals surface area contributed by atoms with E-state index in [2.05, 4.69) is 99.5 Å². The first-order chi connectivity index (χ1) is 18.1. The molecule has 0 spiro atoms. The Hall–Kier alpha value is -3.71. The molecule has 7 nitrogen and oxygen atoms in total. The molecular formula is C30H35N5O2. The zero-order chi connectivity index (χ0) is 25.6. The minimum Gasteiger partial charge on any atom is -0.459 e. The molecule has 0 fully saturated rings. The average Bonchev–Trinajstić information content (AvgIpc) is 3.55. The van der Waals surface area contributed by atoms with Crippen molar-refractivity contribution in [2.75, 3.05) is 19.6 Å². The molecule has 2 aromatic heterocycles. The van der Waals surface area contributed by atoms with Crippen LogP contribution in [0.25, 0.3) is 0 Å². The lowest BCUT2D eigenvalue weighted by Crippen LogP contribution is -2.33. The summed E-state index contributed by atoms with van der Waals surface area (Å²) in [5, 5.41) is 12.3. The molecule has 1 N–H and O–H groups in total. The van der Waals surface area contributed by atoms with Gasteiger partial charge in [0, 0.05) is 38.5 Å². The molecular weight excluding hydrogens is 462 g/mol. The molecule has 5 rings (SSSR count). The number of benzene rings is 2. The first kappa shape index (κ1) is 25.0. The highest BCUT2D eigenvalue weighted by Crippen LogP contribution is 2.27. The van der Waals surface area contributed by atoms with Crippen LogP contribution in [-0.2, 0) is 13.0 Å². The van der Waals surface area contributed by atoms with Crippen LogP contribution in [-0.4, -0.2) is 45.2 Å². The van der Waals surface area contributed by atoms with Crippen LogP contribution >= 0.6 is 0 Å². The van der Waals surface area contributed by atoms with Crippen LogP contribution in [0.15, 0.2) is 83.5 Å².